The monoisotopic (exact) mass is 181 g/mol. The van der Waals surface area contributed by atoms with Gasteiger partial charge in [0.05, 0.1) is 0 Å². The summed E-state index contributed by atoms with van der Waals surface area (Å²) in [5.74, 6) is 0. The number of carbonyl (C=O) groups is 1. The fourth-order valence-electron chi connectivity index (χ4n) is 1.06. The number of nitrogens with two attached hydrogens (primary N) is 1. The Labute approximate surface area is 78.6 Å². The Hall–Kier alpha value is -1.51. The van der Waals surface area contributed by atoms with Gasteiger partial charge in [0.25, 0.3) is 0 Å². The van der Waals surface area contributed by atoms with E-state index in [-0.39, 0.29) is 0 Å². The molecule has 0 fully saturated rings. The second-order valence-electron chi connectivity index (χ2n) is 2.68. The van der Waals surface area contributed by atoms with Crippen LogP contribution in [0.1, 0.15) is 12.8 Å². The van der Waals surface area contributed by atoms with Gasteiger partial charge >= 0.3 is 6.09 Å². The van der Waals surface area contributed by atoms with Gasteiger partial charge in [-0.25, -0.2) is 4.79 Å². The lowest BCUT2D eigenvalue weighted by atomic mass is 9.95. The predicted molar refractivity (Wildman–Crippen MR) is 53.2 cm³/mol. The molecule has 3 nitrogen and oxygen atoms in total. The highest BCUT2D eigenvalue weighted by Gasteiger charge is 2.27. The van der Waals surface area contributed by atoms with E-state index >= 15 is 0 Å². The zero-order valence-corrected chi connectivity index (χ0v) is 7.66. The van der Waals surface area contributed by atoms with Crippen molar-refractivity contribution in [3.05, 3.63) is 38.0 Å². The highest BCUT2D eigenvalue weighted by molar-refractivity contribution is 5.65. The smallest absolute Gasteiger partial charge is 0.405 e. The van der Waals surface area contributed by atoms with Crippen LogP contribution >= 0.6 is 0 Å². The number of primary amides is 1. The molecule has 0 radical (unpaired) electrons. The van der Waals surface area contributed by atoms with Crippen LogP contribution in [-0.4, -0.2) is 11.7 Å². The molecule has 1 amide bonds. The summed E-state index contributed by atoms with van der Waals surface area (Å²) in [7, 11) is 0. The molecule has 0 atom stereocenters. The van der Waals surface area contributed by atoms with Crippen molar-refractivity contribution in [2.75, 3.05) is 0 Å². The van der Waals surface area contributed by atoms with Gasteiger partial charge in [0, 0.05) is 12.8 Å². The molecule has 3 heteroatoms. The summed E-state index contributed by atoms with van der Waals surface area (Å²) in [5, 5.41) is 0. The summed E-state index contributed by atoms with van der Waals surface area (Å²) >= 11 is 0. The Morgan fingerprint density at radius 3 is 2.00 bits per heavy atom. The van der Waals surface area contributed by atoms with Crippen molar-refractivity contribution in [1.29, 1.82) is 0 Å². The molecular formula is C10H15NO2. The van der Waals surface area contributed by atoms with Crippen LogP contribution in [0.3, 0.4) is 0 Å². The summed E-state index contributed by atoms with van der Waals surface area (Å²) in [6, 6.07) is 0. The zero-order chi connectivity index (χ0) is 10.3. The maximum Gasteiger partial charge on any atom is 0.405 e. The van der Waals surface area contributed by atoms with Crippen LogP contribution in [0.25, 0.3) is 0 Å². The lowest BCUT2D eigenvalue weighted by Crippen LogP contribution is -2.34. The lowest BCUT2D eigenvalue weighted by molar-refractivity contribution is 0.0581. The average molecular weight is 181 g/mol. The summed E-state index contributed by atoms with van der Waals surface area (Å²) in [6.07, 6.45) is 4.98. The van der Waals surface area contributed by atoms with E-state index < -0.39 is 11.7 Å². The quantitative estimate of drug-likeness (QED) is 0.638. The van der Waals surface area contributed by atoms with E-state index in [2.05, 4.69) is 19.7 Å². The van der Waals surface area contributed by atoms with E-state index in [4.69, 9.17) is 10.5 Å². The molecule has 0 saturated heterocycles. The number of rotatable bonds is 6. The molecule has 0 aliphatic rings. The predicted octanol–water partition coefficient (Wildman–Crippen LogP) is 2.16. The second kappa shape index (κ2) is 5.19. The van der Waals surface area contributed by atoms with Crippen LogP contribution in [-0.2, 0) is 4.74 Å². The first-order valence-electron chi connectivity index (χ1n) is 3.94. The van der Waals surface area contributed by atoms with E-state index in [0.29, 0.717) is 12.8 Å². The van der Waals surface area contributed by atoms with E-state index in [1.807, 2.05) is 0 Å². The SMILES string of the molecule is C=CCC(C=C)(CC=C)OC(N)=O. The van der Waals surface area contributed by atoms with Gasteiger partial charge in [0.1, 0.15) is 5.60 Å². The Bertz CT molecular complexity index is 211. The van der Waals surface area contributed by atoms with Crippen molar-refractivity contribution >= 4 is 6.09 Å². The molecule has 0 bridgehead atoms. The minimum atomic E-state index is -0.816. The number of carbonyl (C=O) groups excluding carboxylic acids is 1. The molecule has 0 unspecified atom stereocenters. The molecule has 0 aliphatic carbocycles. The lowest BCUT2D eigenvalue weighted by Gasteiger charge is -2.26. The molecular weight excluding hydrogens is 166 g/mol. The number of amides is 1. The van der Waals surface area contributed by atoms with Crippen LogP contribution in [0.4, 0.5) is 4.79 Å². The van der Waals surface area contributed by atoms with Gasteiger partial charge in [-0.05, 0) is 6.08 Å². The van der Waals surface area contributed by atoms with Gasteiger partial charge in [0.15, 0.2) is 0 Å². The van der Waals surface area contributed by atoms with Gasteiger partial charge in [-0.3, -0.25) is 0 Å². The van der Waals surface area contributed by atoms with Gasteiger partial charge in [0.2, 0.25) is 0 Å². The van der Waals surface area contributed by atoms with Gasteiger partial charge in [-0.2, -0.15) is 0 Å². The van der Waals surface area contributed by atoms with Crippen LogP contribution < -0.4 is 5.73 Å². The highest BCUT2D eigenvalue weighted by atomic mass is 16.6. The molecule has 0 spiro atoms. The third-order valence-electron chi connectivity index (χ3n) is 1.66. The third-order valence-corrected chi connectivity index (χ3v) is 1.66. The molecule has 0 aliphatic heterocycles. The van der Waals surface area contributed by atoms with Crippen LogP contribution in [0.5, 0.6) is 0 Å². The Morgan fingerprint density at radius 2 is 1.77 bits per heavy atom. The second-order valence-corrected chi connectivity index (χ2v) is 2.68. The van der Waals surface area contributed by atoms with Crippen molar-refractivity contribution < 1.29 is 9.53 Å². The summed E-state index contributed by atoms with van der Waals surface area (Å²) in [6.45, 7) is 10.7. The van der Waals surface area contributed by atoms with Crippen molar-refractivity contribution in [3.8, 4) is 0 Å². The van der Waals surface area contributed by atoms with Gasteiger partial charge < -0.3 is 10.5 Å². The van der Waals surface area contributed by atoms with Crippen LogP contribution in [0, 0.1) is 0 Å². The number of hydrogen-bond donors (Lipinski definition) is 1. The maximum absolute atomic E-state index is 10.6. The first-order valence-corrected chi connectivity index (χ1v) is 3.94. The first kappa shape index (κ1) is 11.5. The maximum atomic E-state index is 10.6. The van der Waals surface area contributed by atoms with E-state index in [1.54, 1.807) is 18.2 Å². The largest absolute Gasteiger partial charge is 0.438 e. The van der Waals surface area contributed by atoms with Crippen LogP contribution in [0.2, 0.25) is 0 Å². The molecule has 0 heterocycles. The average Bonchev–Trinajstić information content (AvgIpc) is 2.04. The molecule has 72 valence electrons. The van der Waals surface area contributed by atoms with Crippen molar-refractivity contribution in [3.63, 3.8) is 0 Å². The molecule has 0 rings (SSSR count). The van der Waals surface area contributed by atoms with Crippen molar-refractivity contribution in [2.45, 2.75) is 18.4 Å². The fraction of sp³-hybridized carbons (Fsp3) is 0.300. The van der Waals surface area contributed by atoms with E-state index in [9.17, 15) is 4.79 Å². The third kappa shape index (κ3) is 3.60. The zero-order valence-electron chi connectivity index (χ0n) is 7.66. The minimum Gasteiger partial charge on any atom is -0.438 e. The summed E-state index contributed by atoms with van der Waals surface area (Å²) in [5.41, 5.74) is 4.15. The normalized spacial score (nSPS) is 10.2. The van der Waals surface area contributed by atoms with Gasteiger partial charge in [-0.1, -0.05) is 18.7 Å². The molecule has 0 aromatic rings. The van der Waals surface area contributed by atoms with Crippen LogP contribution in [0.15, 0.2) is 38.0 Å². The topological polar surface area (TPSA) is 52.3 Å². The van der Waals surface area contributed by atoms with Gasteiger partial charge in [-0.15, -0.1) is 13.2 Å². The molecule has 0 aromatic carbocycles. The summed E-state index contributed by atoms with van der Waals surface area (Å²) < 4.78 is 4.95. The molecule has 13 heavy (non-hydrogen) atoms. The Kier molecular flexibility index (Phi) is 4.59. The molecule has 0 aromatic heterocycles. The first-order chi connectivity index (χ1) is 6.10. The Morgan fingerprint density at radius 1 is 1.31 bits per heavy atom. The van der Waals surface area contributed by atoms with Crippen molar-refractivity contribution in [1.82, 2.24) is 0 Å². The molecule has 2 N–H and O–H groups in total. The van der Waals surface area contributed by atoms with E-state index in [1.165, 1.54) is 0 Å². The van der Waals surface area contributed by atoms with E-state index in [0.717, 1.165) is 0 Å². The minimum absolute atomic E-state index is 0.478. The standard InChI is InChI=1S/C10H15NO2/c1-4-7-10(6-3,8-5-2)13-9(11)12/h4-6H,1-3,7-8H2,(H2,11,12). The van der Waals surface area contributed by atoms with Crippen molar-refractivity contribution in [2.24, 2.45) is 5.73 Å². The highest BCUT2D eigenvalue weighted by Crippen LogP contribution is 2.23. The fourth-order valence-corrected chi connectivity index (χ4v) is 1.06. The molecule has 0 saturated carbocycles. The number of ether oxygens (including phenoxy) is 1. The summed E-state index contributed by atoms with van der Waals surface area (Å²) in [4.78, 5) is 10.6. The number of hydrogen-bond acceptors (Lipinski definition) is 2. The Balaban J connectivity index is 4.60.